The van der Waals surface area contributed by atoms with Crippen LogP contribution in [0.4, 0.5) is 5.69 Å². The molecule has 1 saturated carbocycles. The van der Waals surface area contributed by atoms with Gasteiger partial charge in [0.25, 0.3) is 0 Å². The Labute approximate surface area is 139 Å². The van der Waals surface area contributed by atoms with E-state index in [9.17, 15) is 5.11 Å². The third-order valence-electron chi connectivity index (χ3n) is 4.99. The summed E-state index contributed by atoms with van der Waals surface area (Å²) >= 11 is 0. The van der Waals surface area contributed by atoms with Crippen LogP contribution in [0.15, 0.2) is 24.3 Å². The third kappa shape index (κ3) is 4.61. The molecule has 1 aromatic rings. The Morgan fingerprint density at radius 1 is 1.26 bits per heavy atom. The topological polar surface area (TPSA) is 58.7 Å². The van der Waals surface area contributed by atoms with E-state index >= 15 is 0 Å². The average molecular weight is 318 g/mol. The fourth-order valence-electron chi connectivity index (χ4n) is 3.62. The highest BCUT2D eigenvalue weighted by atomic mass is 16.5. The van der Waals surface area contributed by atoms with Crippen molar-refractivity contribution in [3.05, 3.63) is 24.3 Å². The van der Waals surface area contributed by atoms with Gasteiger partial charge in [0, 0.05) is 24.8 Å². The van der Waals surface area contributed by atoms with Crippen LogP contribution >= 0.6 is 0 Å². The Hall–Kier alpha value is -1.26. The molecule has 4 nitrogen and oxygen atoms in total. The number of nitrogens with two attached hydrogens (primary N) is 1. The minimum absolute atomic E-state index is 0.128. The average Bonchev–Trinajstić information content (AvgIpc) is 3.38. The van der Waals surface area contributed by atoms with Gasteiger partial charge in [-0.25, -0.2) is 0 Å². The van der Waals surface area contributed by atoms with Gasteiger partial charge < -0.3 is 20.5 Å². The van der Waals surface area contributed by atoms with E-state index in [2.05, 4.69) is 24.0 Å². The molecule has 2 aliphatic rings. The minimum atomic E-state index is -0.128. The zero-order valence-electron chi connectivity index (χ0n) is 14.2. The summed E-state index contributed by atoms with van der Waals surface area (Å²) in [6, 6.07) is 8.52. The SMILES string of the molecule is CCCOc1ccc(N2CC(N)CC(CC(O)C3CC3)C2)cc1. The number of aliphatic hydroxyl groups is 1. The maximum absolute atomic E-state index is 10.2. The fourth-order valence-corrected chi connectivity index (χ4v) is 3.62. The van der Waals surface area contributed by atoms with Crippen LogP contribution in [0.1, 0.15) is 39.0 Å². The van der Waals surface area contributed by atoms with Crippen LogP contribution in [0.5, 0.6) is 5.75 Å². The van der Waals surface area contributed by atoms with E-state index in [0.29, 0.717) is 11.8 Å². The van der Waals surface area contributed by atoms with Gasteiger partial charge in [0.15, 0.2) is 0 Å². The lowest BCUT2D eigenvalue weighted by Crippen LogP contribution is -2.47. The van der Waals surface area contributed by atoms with Gasteiger partial charge in [0.05, 0.1) is 12.7 Å². The molecule has 3 atom stereocenters. The molecule has 1 saturated heterocycles. The molecule has 4 heteroatoms. The molecule has 0 radical (unpaired) electrons. The zero-order chi connectivity index (χ0) is 16.2. The number of hydrogen-bond donors (Lipinski definition) is 2. The van der Waals surface area contributed by atoms with Crippen molar-refractivity contribution < 1.29 is 9.84 Å². The molecule has 0 spiro atoms. The summed E-state index contributed by atoms with van der Waals surface area (Å²) < 4.78 is 5.65. The monoisotopic (exact) mass is 318 g/mol. The van der Waals surface area contributed by atoms with Gasteiger partial charge >= 0.3 is 0 Å². The first-order valence-corrected chi connectivity index (χ1v) is 9.07. The number of piperidine rings is 1. The molecule has 0 bridgehead atoms. The number of ether oxygens (including phenoxy) is 1. The molecule has 3 unspecified atom stereocenters. The Bertz CT molecular complexity index is 487. The summed E-state index contributed by atoms with van der Waals surface area (Å²) in [5.41, 5.74) is 7.47. The molecule has 1 heterocycles. The second kappa shape index (κ2) is 7.54. The summed E-state index contributed by atoms with van der Waals surface area (Å²) in [5.74, 6) is 1.97. The first-order valence-electron chi connectivity index (χ1n) is 9.07. The molecular formula is C19H30N2O2. The molecule has 3 N–H and O–H groups in total. The van der Waals surface area contributed by atoms with Gasteiger partial charge in [0.2, 0.25) is 0 Å². The molecular weight excluding hydrogens is 288 g/mol. The lowest BCUT2D eigenvalue weighted by atomic mass is 9.88. The van der Waals surface area contributed by atoms with Crippen LogP contribution in [0.2, 0.25) is 0 Å². The van der Waals surface area contributed by atoms with Gasteiger partial charge in [-0.3, -0.25) is 0 Å². The van der Waals surface area contributed by atoms with E-state index in [1.54, 1.807) is 0 Å². The quantitative estimate of drug-likeness (QED) is 0.811. The van der Waals surface area contributed by atoms with Crippen molar-refractivity contribution in [1.82, 2.24) is 0 Å². The Kier molecular flexibility index (Phi) is 5.44. The highest BCUT2D eigenvalue weighted by Crippen LogP contribution is 2.37. The summed E-state index contributed by atoms with van der Waals surface area (Å²) in [5, 5.41) is 10.2. The molecule has 1 aromatic carbocycles. The molecule has 128 valence electrons. The lowest BCUT2D eigenvalue weighted by Gasteiger charge is -2.38. The maximum atomic E-state index is 10.2. The number of aliphatic hydroxyl groups excluding tert-OH is 1. The fraction of sp³-hybridized carbons (Fsp3) is 0.684. The molecule has 0 aromatic heterocycles. The molecule has 23 heavy (non-hydrogen) atoms. The van der Waals surface area contributed by atoms with Crippen molar-refractivity contribution in [3.63, 3.8) is 0 Å². The van der Waals surface area contributed by atoms with E-state index in [0.717, 1.165) is 44.7 Å². The highest BCUT2D eigenvalue weighted by Gasteiger charge is 2.34. The van der Waals surface area contributed by atoms with Crippen molar-refractivity contribution in [3.8, 4) is 5.75 Å². The standard InChI is InChI=1S/C19H30N2O2/c1-2-9-23-18-7-5-17(6-8-18)21-12-14(10-16(20)13-21)11-19(22)15-3-4-15/h5-8,14-16,19,22H,2-4,9-13,20H2,1H3. The van der Waals surface area contributed by atoms with Crippen molar-refractivity contribution in [1.29, 1.82) is 0 Å². The van der Waals surface area contributed by atoms with Gasteiger partial charge in [-0.2, -0.15) is 0 Å². The number of rotatable bonds is 7. The summed E-state index contributed by atoms with van der Waals surface area (Å²) in [6.07, 6.45) is 5.21. The maximum Gasteiger partial charge on any atom is 0.119 e. The number of anilines is 1. The van der Waals surface area contributed by atoms with E-state index in [1.807, 2.05) is 12.1 Å². The molecule has 2 fully saturated rings. The Morgan fingerprint density at radius 3 is 2.65 bits per heavy atom. The summed E-state index contributed by atoms with van der Waals surface area (Å²) in [6.45, 7) is 4.76. The third-order valence-corrected chi connectivity index (χ3v) is 4.99. The molecule has 1 aliphatic carbocycles. The lowest BCUT2D eigenvalue weighted by molar-refractivity contribution is 0.114. The Morgan fingerprint density at radius 2 is 2.00 bits per heavy atom. The van der Waals surface area contributed by atoms with Crippen LogP contribution < -0.4 is 15.4 Å². The van der Waals surface area contributed by atoms with E-state index in [4.69, 9.17) is 10.5 Å². The van der Waals surface area contributed by atoms with Crippen LogP contribution in [0.25, 0.3) is 0 Å². The number of benzene rings is 1. The van der Waals surface area contributed by atoms with Crippen molar-refractivity contribution in [2.45, 2.75) is 51.2 Å². The van der Waals surface area contributed by atoms with Gasteiger partial charge in [-0.1, -0.05) is 6.92 Å². The van der Waals surface area contributed by atoms with Crippen LogP contribution in [0, 0.1) is 11.8 Å². The predicted octanol–water partition coefficient (Wildman–Crippen LogP) is 2.79. The first-order chi connectivity index (χ1) is 11.2. The van der Waals surface area contributed by atoms with E-state index in [-0.39, 0.29) is 12.1 Å². The highest BCUT2D eigenvalue weighted by molar-refractivity contribution is 5.49. The summed E-state index contributed by atoms with van der Waals surface area (Å²) in [4.78, 5) is 2.36. The summed E-state index contributed by atoms with van der Waals surface area (Å²) in [7, 11) is 0. The second-order valence-corrected chi connectivity index (χ2v) is 7.25. The molecule has 1 aliphatic heterocycles. The van der Waals surface area contributed by atoms with Crippen molar-refractivity contribution in [2.75, 3.05) is 24.6 Å². The van der Waals surface area contributed by atoms with Gasteiger partial charge in [0.1, 0.15) is 5.75 Å². The van der Waals surface area contributed by atoms with Gasteiger partial charge in [-0.15, -0.1) is 0 Å². The number of nitrogens with zero attached hydrogens (tertiary/aromatic N) is 1. The van der Waals surface area contributed by atoms with Crippen LogP contribution in [-0.2, 0) is 0 Å². The molecule has 3 rings (SSSR count). The largest absolute Gasteiger partial charge is 0.494 e. The van der Waals surface area contributed by atoms with Gasteiger partial charge in [-0.05, 0) is 68.2 Å². The van der Waals surface area contributed by atoms with Crippen LogP contribution in [0.3, 0.4) is 0 Å². The molecule has 0 amide bonds. The second-order valence-electron chi connectivity index (χ2n) is 7.25. The van der Waals surface area contributed by atoms with Crippen molar-refractivity contribution in [2.24, 2.45) is 17.6 Å². The van der Waals surface area contributed by atoms with Crippen molar-refractivity contribution >= 4 is 5.69 Å². The normalized spacial score (nSPS) is 26.1. The van der Waals surface area contributed by atoms with E-state index in [1.165, 1.54) is 18.5 Å². The smallest absolute Gasteiger partial charge is 0.119 e. The van der Waals surface area contributed by atoms with E-state index < -0.39 is 0 Å². The first kappa shape index (κ1) is 16.6. The zero-order valence-corrected chi connectivity index (χ0v) is 14.2. The number of hydrogen-bond acceptors (Lipinski definition) is 4. The predicted molar refractivity (Wildman–Crippen MR) is 93.9 cm³/mol. The minimum Gasteiger partial charge on any atom is -0.494 e. The Balaban J connectivity index is 1.59. The van der Waals surface area contributed by atoms with Crippen LogP contribution in [-0.4, -0.2) is 36.9 Å².